The Morgan fingerprint density at radius 1 is 1.56 bits per heavy atom. The van der Waals surface area contributed by atoms with Crippen LogP contribution in [0.3, 0.4) is 0 Å². The smallest absolute Gasteiger partial charge is 0.287 e. The molecule has 0 saturated heterocycles. The van der Waals surface area contributed by atoms with Gasteiger partial charge in [-0.05, 0) is 35.8 Å². The first-order valence-corrected chi connectivity index (χ1v) is 5.38. The van der Waals surface area contributed by atoms with Crippen LogP contribution in [0.15, 0.2) is 16.6 Å². The summed E-state index contributed by atoms with van der Waals surface area (Å²) in [6.45, 7) is 3.50. The number of carbonyl (C=O) groups excluding carboxylic acids is 1. The number of benzene rings is 1. The van der Waals surface area contributed by atoms with Gasteiger partial charge < -0.3 is 4.74 Å². The van der Waals surface area contributed by atoms with Crippen LogP contribution in [0.5, 0.6) is 5.75 Å². The fourth-order valence-electron chi connectivity index (χ4n) is 1.22. The summed E-state index contributed by atoms with van der Waals surface area (Å²) in [5, 5.41) is 10.8. The van der Waals surface area contributed by atoms with Gasteiger partial charge in [0, 0.05) is 5.56 Å². The molecule has 0 fully saturated rings. The molecule has 0 N–H and O–H groups in total. The molecule has 0 unspecified atom stereocenters. The number of carbonyl (C=O) groups is 1. The van der Waals surface area contributed by atoms with E-state index in [9.17, 15) is 14.9 Å². The Bertz CT molecular complexity index is 409. The molecule has 0 radical (unpaired) electrons. The number of rotatable bonds is 4. The van der Waals surface area contributed by atoms with E-state index in [0.29, 0.717) is 12.4 Å². The second-order valence-electron chi connectivity index (χ2n) is 3.05. The Hall–Kier alpha value is -1.43. The second kappa shape index (κ2) is 5.07. The monoisotopic (exact) mass is 287 g/mol. The Balaban J connectivity index is 3.38. The highest BCUT2D eigenvalue weighted by Crippen LogP contribution is 2.33. The molecule has 0 aliphatic heterocycles. The van der Waals surface area contributed by atoms with Crippen molar-refractivity contribution in [1.82, 2.24) is 0 Å². The lowest BCUT2D eigenvalue weighted by Crippen LogP contribution is -2.01. The van der Waals surface area contributed by atoms with Gasteiger partial charge in [0.25, 0.3) is 5.69 Å². The SMILES string of the molecule is CCOc1cc(C(C)=O)c(Br)c([N+](=O)[O-])c1. The lowest BCUT2D eigenvalue weighted by atomic mass is 10.1. The zero-order valence-electron chi connectivity index (χ0n) is 8.82. The van der Waals surface area contributed by atoms with Gasteiger partial charge in [0.15, 0.2) is 5.78 Å². The standard InChI is InChI=1S/C10H10BrNO4/c1-3-16-7-4-8(6(2)13)10(11)9(5-7)12(14)15/h4-5H,3H2,1-2H3. The van der Waals surface area contributed by atoms with Crippen molar-refractivity contribution >= 4 is 27.4 Å². The number of hydrogen-bond acceptors (Lipinski definition) is 4. The van der Waals surface area contributed by atoms with Crippen LogP contribution >= 0.6 is 15.9 Å². The zero-order chi connectivity index (χ0) is 12.3. The molecule has 0 aromatic heterocycles. The molecule has 86 valence electrons. The summed E-state index contributed by atoms with van der Waals surface area (Å²) >= 11 is 3.05. The van der Waals surface area contributed by atoms with E-state index in [2.05, 4.69) is 15.9 Å². The van der Waals surface area contributed by atoms with Gasteiger partial charge in [-0.3, -0.25) is 14.9 Å². The van der Waals surface area contributed by atoms with Crippen LogP contribution in [0.4, 0.5) is 5.69 Å². The maximum Gasteiger partial charge on any atom is 0.287 e. The molecule has 5 nitrogen and oxygen atoms in total. The predicted molar refractivity (Wildman–Crippen MR) is 62.0 cm³/mol. The van der Waals surface area contributed by atoms with E-state index in [1.165, 1.54) is 19.1 Å². The number of hydrogen-bond donors (Lipinski definition) is 0. The molecule has 6 heteroatoms. The largest absolute Gasteiger partial charge is 0.494 e. The lowest BCUT2D eigenvalue weighted by Gasteiger charge is -2.07. The third kappa shape index (κ3) is 2.57. The highest BCUT2D eigenvalue weighted by atomic mass is 79.9. The highest BCUT2D eigenvalue weighted by Gasteiger charge is 2.20. The van der Waals surface area contributed by atoms with E-state index in [4.69, 9.17) is 4.74 Å². The van der Waals surface area contributed by atoms with Crippen LogP contribution in [0, 0.1) is 10.1 Å². The first kappa shape index (κ1) is 12.6. The van der Waals surface area contributed by atoms with Crippen LogP contribution in [-0.2, 0) is 0 Å². The van der Waals surface area contributed by atoms with Gasteiger partial charge in [0.2, 0.25) is 0 Å². The molecule has 0 aliphatic carbocycles. The second-order valence-corrected chi connectivity index (χ2v) is 3.84. The molecule has 0 aliphatic rings. The van der Waals surface area contributed by atoms with Crippen LogP contribution in [-0.4, -0.2) is 17.3 Å². The zero-order valence-corrected chi connectivity index (χ0v) is 10.4. The third-order valence-corrected chi connectivity index (χ3v) is 2.75. The fraction of sp³-hybridized carbons (Fsp3) is 0.300. The van der Waals surface area contributed by atoms with Gasteiger partial charge in [0.05, 0.1) is 17.6 Å². The number of nitrogens with zero attached hydrogens (tertiary/aromatic N) is 1. The van der Waals surface area contributed by atoms with E-state index in [-0.39, 0.29) is 21.5 Å². The topological polar surface area (TPSA) is 69.4 Å². The minimum Gasteiger partial charge on any atom is -0.494 e. The minimum absolute atomic E-state index is 0.170. The van der Waals surface area contributed by atoms with Crippen LogP contribution < -0.4 is 4.74 Å². The van der Waals surface area contributed by atoms with Crippen molar-refractivity contribution in [3.63, 3.8) is 0 Å². The number of nitro benzene ring substituents is 1. The van der Waals surface area contributed by atoms with Gasteiger partial charge >= 0.3 is 0 Å². The average molecular weight is 288 g/mol. The number of halogens is 1. The van der Waals surface area contributed by atoms with Gasteiger partial charge in [0.1, 0.15) is 10.2 Å². The van der Waals surface area contributed by atoms with E-state index < -0.39 is 4.92 Å². The maximum atomic E-state index is 11.3. The Morgan fingerprint density at radius 2 is 2.19 bits per heavy atom. The van der Waals surface area contributed by atoms with E-state index in [0.717, 1.165) is 0 Å². The number of nitro groups is 1. The Labute approximate surface area is 101 Å². The van der Waals surface area contributed by atoms with Crippen LogP contribution in [0.1, 0.15) is 24.2 Å². The summed E-state index contributed by atoms with van der Waals surface area (Å²) in [7, 11) is 0. The summed E-state index contributed by atoms with van der Waals surface area (Å²) in [4.78, 5) is 21.5. The van der Waals surface area contributed by atoms with Gasteiger partial charge in [-0.1, -0.05) is 0 Å². The molecule has 1 rings (SSSR count). The van der Waals surface area contributed by atoms with Gasteiger partial charge in [-0.2, -0.15) is 0 Å². The van der Waals surface area contributed by atoms with Crippen molar-refractivity contribution in [2.24, 2.45) is 0 Å². The van der Waals surface area contributed by atoms with E-state index >= 15 is 0 Å². The first-order valence-electron chi connectivity index (χ1n) is 4.59. The minimum atomic E-state index is -0.557. The molecule has 0 atom stereocenters. The molecule has 1 aromatic rings. The van der Waals surface area contributed by atoms with Crippen molar-refractivity contribution in [1.29, 1.82) is 0 Å². The Kier molecular flexibility index (Phi) is 4.00. The molecular formula is C10H10BrNO4. The number of ether oxygens (including phenoxy) is 1. The van der Waals surface area contributed by atoms with Gasteiger partial charge in [-0.25, -0.2) is 0 Å². The van der Waals surface area contributed by atoms with Crippen molar-refractivity contribution in [3.8, 4) is 5.75 Å². The summed E-state index contributed by atoms with van der Waals surface area (Å²) in [5.74, 6) is 0.0686. The van der Waals surface area contributed by atoms with Crippen molar-refractivity contribution in [2.75, 3.05) is 6.61 Å². The maximum absolute atomic E-state index is 11.3. The van der Waals surface area contributed by atoms with Crippen LogP contribution in [0.2, 0.25) is 0 Å². The van der Waals surface area contributed by atoms with Crippen LogP contribution in [0.25, 0.3) is 0 Å². The summed E-state index contributed by atoms with van der Waals surface area (Å²) in [6.07, 6.45) is 0. The number of Topliss-reactive ketones (excluding diaryl/α,β-unsaturated/α-hetero) is 1. The molecule has 0 saturated carbocycles. The highest BCUT2D eigenvalue weighted by molar-refractivity contribution is 9.10. The van der Waals surface area contributed by atoms with Crippen molar-refractivity contribution in [3.05, 3.63) is 32.3 Å². The van der Waals surface area contributed by atoms with Gasteiger partial charge in [-0.15, -0.1) is 0 Å². The molecular weight excluding hydrogens is 278 g/mol. The molecule has 1 aromatic carbocycles. The van der Waals surface area contributed by atoms with E-state index in [1.54, 1.807) is 6.92 Å². The fourth-order valence-corrected chi connectivity index (χ4v) is 1.88. The molecule has 0 bridgehead atoms. The van der Waals surface area contributed by atoms with E-state index in [1.807, 2.05) is 0 Å². The molecule has 0 spiro atoms. The lowest BCUT2D eigenvalue weighted by molar-refractivity contribution is -0.385. The van der Waals surface area contributed by atoms with Crippen molar-refractivity contribution in [2.45, 2.75) is 13.8 Å². The summed E-state index contributed by atoms with van der Waals surface area (Å²) in [5.41, 5.74) is 0.0776. The molecule has 0 amide bonds. The average Bonchev–Trinajstić information content (AvgIpc) is 2.19. The van der Waals surface area contributed by atoms with Crippen molar-refractivity contribution < 1.29 is 14.5 Å². The predicted octanol–water partition coefficient (Wildman–Crippen LogP) is 2.96. The molecule has 0 heterocycles. The third-order valence-electron chi connectivity index (χ3n) is 1.91. The number of ketones is 1. The normalized spacial score (nSPS) is 9.94. The Morgan fingerprint density at radius 3 is 2.62 bits per heavy atom. The summed E-state index contributed by atoms with van der Waals surface area (Å²) < 4.78 is 5.35. The summed E-state index contributed by atoms with van der Waals surface area (Å²) in [6, 6.07) is 2.78. The quantitative estimate of drug-likeness (QED) is 0.485. The molecule has 16 heavy (non-hydrogen) atoms. The first-order chi connectivity index (χ1) is 7.47.